The number of nitrogens with zero attached hydrogens (tertiary/aromatic N) is 1. The molecule has 1 aliphatic rings. The van der Waals surface area contributed by atoms with Gasteiger partial charge in [-0.3, -0.25) is 57.5 Å². The normalized spacial score (nSPS) is 17.4. The number of thioether (sulfide) groups is 1. The zero-order valence-corrected chi connectivity index (χ0v) is 52.0. The Morgan fingerprint density at radius 3 is 1.50 bits per heavy atom. The predicted molar refractivity (Wildman–Crippen MR) is 315 cm³/mol. The molecule has 1 heterocycles. The number of likely N-dealkylation sites (tertiary alicyclic amines) is 1. The number of carbonyl (C=O) groups excluding carboxylic acids is 12. The van der Waals surface area contributed by atoms with E-state index in [4.69, 9.17) is 17.2 Å². The molecule has 0 radical (unpaired) electrons. The number of rotatable bonds is 39. The van der Waals surface area contributed by atoms with E-state index in [1.807, 2.05) is 0 Å². The molecule has 0 aromatic rings. The molecule has 1 fully saturated rings. The zero-order valence-electron chi connectivity index (χ0n) is 51.2. The summed E-state index contributed by atoms with van der Waals surface area (Å²) in [6, 6.07) is -16.9. The number of unbranched alkanes of at least 4 members (excludes halogenated alkanes) is 1. The monoisotopic (exact) mass is 1240 g/mol. The average molecular weight is 1250 g/mol. The molecule has 13 atom stereocenters. The van der Waals surface area contributed by atoms with Gasteiger partial charge in [0.25, 0.3) is 0 Å². The van der Waals surface area contributed by atoms with E-state index >= 15 is 0 Å². The van der Waals surface area contributed by atoms with Gasteiger partial charge < -0.3 is 95.7 Å². The van der Waals surface area contributed by atoms with Gasteiger partial charge in [0.05, 0.1) is 31.8 Å². The number of nitrogens with two attached hydrogens (primary N) is 3. The quantitative estimate of drug-likeness (QED) is 0.0255. The Kier molecular flexibility index (Phi) is 34.5. The van der Waals surface area contributed by atoms with Crippen molar-refractivity contribution in [1.82, 2.24) is 58.1 Å². The number of hydrogen-bond acceptors (Lipinski definition) is 19. The summed E-state index contributed by atoms with van der Waals surface area (Å²) in [4.78, 5) is 175. The lowest BCUT2D eigenvalue weighted by Gasteiger charge is -2.33. The molecule has 0 aromatic carbocycles. The van der Waals surface area contributed by atoms with Gasteiger partial charge in [-0.2, -0.15) is 11.8 Å². The van der Waals surface area contributed by atoms with Crippen LogP contribution in [0.4, 0.5) is 0 Å². The molecule has 0 spiro atoms. The van der Waals surface area contributed by atoms with Crippen LogP contribution in [0, 0.1) is 23.7 Å². The van der Waals surface area contributed by atoms with Gasteiger partial charge in [-0.25, -0.2) is 4.79 Å². The third kappa shape index (κ3) is 25.7. The Morgan fingerprint density at radius 1 is 0.547 bits per heavy atom. The molecule has 1 rings (SSSR count). The maximum atomic E-state index is 14.5. The van der Waals surface area contributed by atoms with Crippen LogP contribution in [0.1, 0.15) is 121 Å². The fourth-order valence-electron chi connectivity index (χ4n) is 8.86. The minimum Gasteiger partial charge on any atom is -0.480 e. The van der Waals surface area contributed by atoms with Crippen molar-refractivity contribution >= 4 is 88.6 Å². The van der Waals surface area contributed by atoms with Crippen molar-refractivity contribution < 1.29 is 82.8 Å². The lowest BCUT2D eigenvalue weighted by Crippen LogP contribution is -2.62. The Labute approximate surface area is 506 Å². The largest absolute Gasteiger partial charge is 0.480 e. The molecule has 32 heteroatoms. The molecule has 0 unspecified atom stereocenters. The molecular formula is C54H96N14O17S. The molecule has 0 aliphatic carbocycles. The van der Waals surface area contributed by atoms with Crippen LogP contribution < -0.4 is 70.4 Å². The SMILES string of the molecule is CSCC[C@H](NC(=O)[C@@H]1CCCN1C(=O)[C@@H](NC(=O)[C@H](CC(C)C)NC(=O)[C@H](CC(N)=O)NC(=O)[C@H](CO)NC(=O)[C@H](CO)NC(=O)[C@@H](N)CCCCN)C(C)C)C(=O)N[C@H](C(=O)N[C@@H](C)C(=O)N[C@H](C(=O)N[C@H](C(=O)O)C(C)C)[C@@H](C)O)C(C)C. The first-order valence-electron chi connectivity index (χ1n) is 28.9. The van der Waals surface area contributed by atoms with Gasteiger partial charge in [0.2, 0.25) is 70.9 Å². The number of amides is 12. The number of aliphatic carboxylic acids is 1. The highest BCUT2D eigenvalue weighted by Crippen LogP contribution is 2.22. The first-order valence-corrected chi connectivity index (χ1v) is 30.3. The molecule has 1 aliphatic heterocycles. The van der Waals surface area contributed by atoms with Crippen molar-refractivity contribution in [2.45, 2.75) is 199 Å². The summed E-state index contributed by atoms with van der Waals surface area (Å²) < 4.78 is 0. The van der Waals surface area contributed by atoms with Crippen molar-refractivity contribution in [1.29, 1.82) is 0 Å². The predicted octanol–water partition coefficient (Wildman–Crippen LogP) is -5.61. The number of aliphatic hydroxyl groups is 3. The smallest absolute Gasteiger partial charge is 0.326 e. The maximum absolute atomic E-state index is 14.5. The summed E-state index contributed by atoms with van der Waals surface area (Å²) in [7, 11) is 0. The first-order chi connectivity index (χ1) is 40.2. The number of aliphatic hydroxyl groups excluding tert-OH is 3. The van der Waals surface area contributed by atoms with Crippen LogP contribution in [0.3, 0.4) is 0 Å². The summed E-state index contributed by atoms with van der Waals surface area (Å²) >= 11 is 1.36. The van der Waals surface area contributed by atoms with Crippen LogP contribution in [0.15, 0.2) is 0 Å². The van der Waals surface area contributed by atoms with E-state index in [2.05, 4.69) is 53.2 Å². The average Bonchev–Trinajstić information content (AvgIpc) is 2.35. The number of primary amides is 1. The van der Waals surface area contributed by atoms with E-state index in [0.29, 0.717) is 31.6 Å². The minimum absolute atomic E-state index is 0.0446. The summed E-state index contributed by atoms with van der Waals surface area (Å²) in [5, 5.41) is 64.1. The van der Waals surface area contributed by atoms with Crippen LogP contribution in [-0.4, -0.2) is 219 Å². The third-order valence-electron chi connectivity index (χ3n) is 13.9. The van der Waals surface area contributed by atoms with E-state index in [9.17, 15) is 82.8 Å². The fourth-order valence-corrected chi connectivity index (χ4v) is 9.33. The molecule has 86 heavy (non-hydrogen) atoms. The molecule has 31 nitrogen and oxygen atoms in total. The Balaban J connectivity index is 3.31. The summed E-state index contributed by atoms with van der Waals surface area (Å²) in [5.41, 5.74) is 16.8. The molecule has 0 saturated carbocycles. The second-order valence-corrected chi connectivity index (χ2v) is 23.8. The summed E-state index contributed by atoms with van der Waals surface area (Å²) in [6.07, 6.45) is 1.30. The van der Waals surface area contributed by atoms with Gasteiger partial charge >= 0.3 is 5.97 Å². The molecule has 20 N–H and O–H groups in total. The van der Waals surface area contributed by atoms with E-state index < -0.39 is 193 Å². The van der Waals surface area contributed by atoms with E-state index in [1.165, 1.54) is 30.5 Å². The van der Waals surface area contributed by atoms with Gasteiger partial charge in [0, 0.05) is 6.54 Å². The summed E-state index contributed by atoms with van der Waals surface area (Å²) in [5.74, 6) is -14.0. The van der Waals surface area contributed by atoms with Crippen LogP contribution in [0.5, 0.6) is 0 Å². The van der Waals surface area contributed by atoms with Crippen LogP contribution in [0.25, 0.3) is 0 Å². The van der Waals surface area contributed by atoms with Gasteiger partial charge in [-0.05, 0) is 94.6 Å². The molecule has 0 aromatic heterocycles. The number of nitrogens with one attached hydrogen (secondary N) is 10. The van der Waals surface area contributed by atoms with E-state index in [0.717, 1.165) is 0 Å². The van der Waals surface area contributed by atoms with Gasteiger partial charge in [0.15, 0.2) is 0 Å². The second kappa shape index (κ2) is 38.4. The highest BCUT2D eigenvalue weighted by atomic mass is 32.2. The number of carboxylic acids is 1. The molecular weight excluding hydrogens is 1150 g/mol. The maximum Gasteiger partial charge on any atom is 0.326 e. The zero-order chi connectivity index (χ0) is 65.9. The highest BCUT2D eigenvalue weighted by molar-refractivity contribution is 7.98. The minimum atomic E-state index is -1.80. The van der Waals surface area contributed by atoms with Crippen molar-refractivity contribution in [3.63, 3.8) is 0 Å². The van der Waals surface area contributed by atoms with Crippen LogP contribution in [-0.2, 0) is 62.3 Å². The molecule has 12 amide bonds. The van der Waals surface area contributed by atoms with Crippen molar-refractivity contribution in [2.75, 3.05) is 38.3 Å². The highest BCUT2D eigenvalue weighted by Gasteiger charge is 2.42. The lowest BCUT2D eigenvalue weighted by molar-refractivity contribution is -0.144. The Hall–Kier alpha value is -6.74. The van der Waals surface area contributed by atoms with Gasteiger partial charge in [-0.1, -0.05) is 61.8 Å². The van der Waals surface area contributed by atoms with Crippen molar-refractivity contribution in [3.05, 3.63) is 0 Å². The molecule has 1 saturated heterocycles. The molecule has 0 bridgehead atoms. The van der Waals surface area contributed by atoms with Crippen LogP contribution >= 0.6 is 11.8 Å². The Bertz CT molecular complexity index is 2330. The van der Waals surface area contributed by atoms with Crippen molar-refractivity contribution in [2.24, 2.45) is 40.9 Å². The van der Waals surface area contributed by atoms with Gasteiger partial charge in [0.1, 0.15) is 66.5 Å². The number of hydrogen-bond donors (Lipinski definition) is 17. The Morgan fingerprint density at radius 2 is 1.01 bits per heavy atom. The van der Waals surface area contributed by atoms with E-state index in [1.54, 1.807) is 61.6 Å². The van der Waals surface area contributed by atoms with Crippen LogP contribution in [0.2, 0.25) is 0 Å². The topological polar surface area (TPSA) is 504 Å². The number of carboxylic acid groups (broad SMARTS) is 1. The van der Waals surface area contributed by atoms with Gasteiger partial charge in [-0.15, -0.1) is 0 Å². The summed E-state index contributed by atoms with van der Waals surface area (Å²) in [6.45, 7) is 14.0. The number of carbonyl (C=O) groups is 13. The fraction of sp³-hybridized carbons (Fsp3) is 0.759. The molecule has 490 valence electrons. The first kappa shape index (κ1) is 77.3. The van der Waals surface area contributed by atoms with Crippen molar-refractivity contribution in [3.8, 4) is 0 Å². The van der Waals surface area contributed by atoms with E-state index in [-0.39, 0.29) is 38.1 Å². The lowest BCUT2D eigenvalue weighted by atomic mass is 9.98. The standard InChI is InChI=1S/C54H96N14O17S/c1-25(2)21-33(60-46(76)34(22-38(57)72)61-48(78)36(24-70)63-49(79)35(23-69)62-44(74)31(56)15-12-13-18-55)47(77)65-40(27(5)6)53(83)68-19-14-16-37(68)50(80)59-32(17-20-86-11)45(75)64-39(26(3)4)51(81)58-29(9)43(73)67-42(30(10)71)52(82)66-41(28(7)8)54(84)85/h25-37,39-42,69-71H,12-24,55-56H2,1-11H3,(H2,57,72)(H,58,81)(H,59,80)(H,60,76)(H,61,78)(H,62,74)(H,63,79)(H,64,75)(H,65,77)(H,66,82)(H,67,73)(H,84,85)/t29-,30+,31-,32-,33-,34-,35-,36-,37-,39-,40-,41-,42-/m0/s1. The third-order valence-corrected chi connectivity index (χ3v) is 14.6. The second-order valence-electron chi connectivity index (χ2n) is 22.8.